The number of rotatable bonds is 4. The Bertz CT molecular complexity index is 351. The smallest absolute Gasteiger partial charge is 0.241 e. The van der Waals surface area contributed by atoms with Crippen molar-refractivity contribution in [3.63, 3.8) is 0 Å². The van der Waals surface area contributed by atoms with E-state index in [0.717, 1.165) is 5.56 Å². The molecule has 0 unspecified atom stereocenters. The number of hydrogen-bond acceptors (Lipinski definition) is 2. The molecule has 0 aromatic heterocycles. The minimum atomic E-state index is -0.665. The third-order valence-electron chi connectivity index (χ3n) is 1.90. The van der Waals surface area contributed by atoms with E-state index in [2.05, 4.69) is 11.9 Å². The van der Waals surface area contributed by atoms with Gasteiger partial charge in [-0.25, -0.2) is 0 Å². The van der Waals surface area contributed by atoms with Gasteiger partial charge in [0.05, 0.1) is 6.54 Å². The van der Waals surface area contributed by atoms with Gasteiger partial charge in [0.2, 0.25) is 5.91 Å². The number of carbonyl (C=O) groups is 1. The van der Waals surface area contributed by atoms with Crippen molar-refractivity contribution in [2.45, 2.75) is 6.04 Å². The van der Waals surface area contributed by atoms with Crippen LogP contribution in [0.3, 0.4) is 0 Å². The van der Waals surface area contributed by atoms with E-state index in [-0.39, 0.29) is 12.5 Å². The molecule has 0 aliphatic heterocycles. The molecule has 0 saturated carbocycles. The third kappa shape index (κ3) is 3.73. The van der Waals surface area contributed by atoms with Crippen LogP contribution >= 0.6 is 11.6 Å². The number of nitrogens with one attached hydrogen (secondary N) is 1. The molecule has 0 bridgehead atoms. The zero-order valence-corrected chi connectivity index (χ0v) is 9.00. The van der Waals surface area contributed by atoms with Crippen molar-refractivity contribution >= 4 is 17.5 Å². The third-order valence-corrected chi connectivity index (χ3v) is 2.03. The van der Waals surface area contributed by atoms with Crippen molar-refractivity contribution in [2.75, 3.05) is 6.54 Å². The summed E-state index contributed by atoms with van der Waals surface area (Å²) in [5.74, 6) is -0.261. The molecule has 0 saturated heterocycles. The molecule has 1 atom stereocenters. The van der Waals surface area contributed by atoms with E-state index in [4.69, 9.17) is 17.3 Å². The van der Waals surface area contributed by atoms with Crippen LogP contribution < -0.4 is 11.1 Å². The van der Waals surface area contributed by atoms with E-state index >= 15 is 0 Å². The first-order valence-corrected chi connectivity index (χ1v) is 4.90. The summed E-state index contributed by atoms with van der Waals surface area (Å²) >= 11 is 5.52. The molecule has 0 aliphatic rings. The lowest BCUT2D eigenvalue weighted by molar-refractivity contribution is -0.122. The second-order valence-electron chi connectivity index (χ2n) is 3.12. The average Bonchev–Trinajstić information content (AvgIpc) is 2.26. The Labute approximate surface area is 93.9 Å². The molecule has 0 fully saturated rings. The number of hydrogen-bond donors (Lipinski definition) is 2. The van der Waals surface area contributed by atoms with Gasteiger partial charge in [-0.3, -0.25) is 4.79 Å². The molecule has 15 heavy (non-hydrogen) atoms. The largest absolute Gasteiger partial charge is 0.350 e. The van der Waals surface area contributed by atoms with Crippen LogP contribution in [0.25, 0.3) is 0 Å². The molecular weight excluding hydrogens is 212 g/mol. The highest BCUT2D eigenvalue weighted by molar-refractivity contribution is 6.29. The van der Waals surface area contributed by atoms with Crippen LogP contribution in [0.5, 0.6) is 0 Å². The summed E-state index contributed by atoms with van der Waals surface area (Å²) in [5.41, 5.74) is 6.51. The molecule has 3 N–H and O–H groups in total. The van der Waals surface area contributed by atoms with Crippen molar-refractivity contribution in [3.8, 4) is 0 Å². The van der Waals surface area contributed by atoms with Crippen LogP contribution in [0, 0.1) is 0 Å². The highest BCUT2D eigenvalue weighted by Gasteiger charge is 2.14. The summed E-state index contributed by atoms with van der Waals surface area (Å²) in [6.45, 7) is 3.71. The van der Waals surface area contributed by atoms with E-state index in [1.807, 2.05) is 18.2 Å². The number of halogens is 1. The first kappa shape index (κ1) is 11.8. The van der Waals surface area contributed by atoms with Crippen LogP contribution in [0.4, 0.5) is 0 Å². The molecule has 1 rings (SSSR count). The van der Waals surface area contributed by atoms with Crippen LogP contribution in [0.2, 0.25) is 0 Å². The lowest BCUT2D eigenvalue weighted by Crippen LogP contribution is -2.34. The Kier molecular flexibility index (Phi) is 4.34. The predicted octanol–water partition coefficient (Wildman–Crippen LogP) is 1.56. The van der Waals surface area contributed by atoms with Gasteiger partial charge in [-0.2, -0.15) is 0 Å². The molecule has 0 heterocycles. The van der Waals surface area contributed by atoms with Crippen LogP contribution in [-0.4, -0.2) is 12.5 Å². The van der Waals surface area contributed by atoms with Crippen LogP contribution in [0.1, 0.15) is 11.6 Å². The first-order valence-electron chi connectivity index (χ1n) is 4.53. The molecule has 1 amide bonds. The van der Waals surface area contributed by atoms with Crippen molar-refractivity contribution in [3.05, 3.63) is 47.5 Å². The van der Waals surface area contributed by atoms with E-state index < -0.39 is 6.04 Å². The van der Waals surface area contributed by atoms with Crippen molar-refractivity contribution in [2.24, 2.45) is 5.73 Å². The first-order chi connectivity index (χ1) is 7.11. The van der Waals surface area contributed by atoms with E-state index in [1.165, 1.54) is 0 Å². The summed E-state index contributed by atoms with van der Waals surface area (Å²) < 4.78 is 0. The molecule has 1 aromatic carbocycles. The van der Waals surface area contributed by atoms with E-state index in [9.17, 15) is 4.79 Å². The number of amides is 1. The average molecular weight is 225 g/mol. The fourth-order valence-corrected chi connectivity index (χ4v) is 1.17. The minimum absolute atomic E-state index is 0.237. The number of benzene rings is 1. The standard InChI is InChI=1S/C11H13ClN2O/c1-8(12)7-14-11(15)10(13)9-5-3-2-4-6-9/h2-6,10H,1,7,13H2,(H,14,15)/t10-/m1/s1. The monoisotopic (exact) mass is 224 g/mol. The molecule has 80 valence electrons. The highest BCUT2D eigenvalue weighted by atomic mass is 35.5. The number of nitrogens with two attached hydrogens (primary N) is 1. The fourth-order valence-electron chi connectivity index (χ4n) is 1.10. The molecule has 4 heteroatoms. The van der Waals surface area contributed by atoms with E-state index in [0.29, 0.717) is 5.03 Å². The minimum Gasteiger partial charge on any atom is -0.350 e. The van der Waals surface area contributed by atoms with E-state index in [1.54, 1.807) is 12.1 Å². The Morgan fingerprint density at radius 1 is 1.47 bits per heavy atom. The quantitative estimate of drug-likeness (QED) is 0.816. The van der Waals surface area contributed by atoms with Gasteiger partial charge < -0.3 is 11.1 Å². The molecule has 0 spiro atoms. The van der Waals surface area contributed by atoms with Gasteiger partial charge in [0.1, 0.15) is 6.04 Å². The second kappa shape index (κ2) is 5.53. The second-order valence-corrected chi connectivity index (χ2v) is 3.66. The lowest BCUT2D eigenvalue weighted by atomic mass is 10.1. The molecule has 1 aromatic rings. The van der Waals surface area contributed by atoms with Crippen molar-refractivity contribution < 1.29 is 4.79 Å². The molecular formula is C11H13ClN2O. The molecule has 0 radical (unpaired) electrons. The van der Waals surface area contributed by atoms with Gasteiger partial charge in [0.15, 0.2) is 0 Å². The Hall–Kier alpha value is -1.32. The maximum absolute atomic E-state index is 11.5. The zero-order valence-electron chi connectivity index (χ0n) is 8.24. The number of carbonyl (C=O) groups excluding carboxylic acids is 1. The zero-order chi connectivity index (χ0) is 11.3. The molecule has 0 aliphatic carbocycles. The Morgan fingerprint density at radius 3 is 2.60 bits per heavy atom. The van der Waals surface area contributed by atoms with Gasteiger partial charge in [-0.1, -0.05) is 48.5 Å². The van der Waals surface area contributed by atoms with Gasteiger partial charge in [0.25, 0.3) is 0 Å². The van der Waals surface area contributed by atoms with Crippen molar-refractivity contribution in [1.82, 2.24) is 5.32 Å². The topological polar surface area (TPSA) is 55.1 Å². The normalized spacial score (nSPS) is 11.9. The van der Waals surface area contributed by atoms with Gasteiger partial charge in [-0.05, 0) is 5.56 Å². The summed E-state index contributed by atoms with van der Waals surface area (Å²) in [4.78, 5) is 11.5. The summed E-state index contributed by atoms with van der Waals surface area (Å²) in [6.07, 6.45) is 0. The lowest BCUT2D eigenvalue weighted by Gasteiger charge is -2.11. The SMILES string of the molecule is C=C(Cl)CNC(=O)[C@H](N)c1ccccc1. The van der Waals surface area contributed by atoms with Crippen LogP contribution in [0.15, 0.2) is 41.9 Å². The Balaban J connectivity index is 2.57. The maximum atomic E-state index is 11.5. The fraction of sp³-hybridized carbons (Fsp3) is 0.182. The summed E-state index contributed by atoms with van der Waals surface area (Å²) in [5, 5.41) is 2.96. The van der Waals surface area contributed by atoms with Crippen molar-refractivity contribution in [1.29, 1.82) is 0 Å². The summed E-state index contributed by atoms with van der Waals surface area (Å²) in [7, 11) is 0. The van der Waals surface area contributed by atoms with Gasteiger partial charge in [0, 0.05) is 5.03 Å². The summed E-state index contributed by atoms with van der Waals surface area (Å²) in [6, 6.07) is 8.49. The van der Waals surface area contributed by atoms with Gasteiger partial charge >= 0.3 is 0 Å². The predicted molar refractivity (Wildman–Crippen MR) is 61.4 cm³/mol. The maximum Gasteiger partial charge on any atom is 0.241 e. The highest BCUT2D eigenvalue weighted by Crippen LogP contribution is 2.09. The van der Waals surface area contributed by atoms with Gasteiger partial charge in [-0.15, -0.1) is 0 Å². The Morgan fingerprint density at radius 2 is 2.07 bits per heavy atom. The van der Waals surface area contributed by atoms with Crippen LogP contribution in [-0.2, 0) is 4.79 Å². The molecule has 3 nitrogen and oxygen atoms in total.